The first-order valence-electron chi connectivity index (χ1n) is 4.62. The number of rotatable bonds is 1. The predicted molar refractivity (Wildman–Crippen MR) is 55.5 cm³/mol. The Labute approximate surface area is 86.7 Å². The summed E-state index contributed by atoms with van der Waals surface area (Å²) in [4.78, 5) is 11.4. The Morgan fingerprint density at radius 3 is 2.33 bits per heavy atom. The van der Waals surface area contributed by atoms with Crippen molar-refractivity contribution >= 4 is 16.9 Å². The third kappa shape index (κ3) is 1.99. The molecule has 15 heavy (non-hydrogen) atoms. The summed E-state index contributed by atoms with van der Waals surface area (Å²) >= 11 is 0. The Balaban J connectivity index is 2.32. The molecule has 1 N–H and O–H groups in total. The van der Waals surface area contributed by atoms with Gasteiger partial charge < -0.3 is 9.84 Å². The summed E-state index contributed by atoms with van der Waals surface area (Å²) in [5.41, 5.74) is 0. The number of nitrogens with zero attached hydrogens (tertiary/aromatic N) is 1. The SMILES string of the molecule is CC(O)OC(=O)n1cc2ccccc2c1. The van der Waals surface area contributed by atoms with Crippen LogP contribution in [0.1, 0.15) is 6.92 Å². The van der Waals surface area contributed by atoms with Crippen molar-refractivity contribution in [3.05, 3.63) is 36.7 Å². The number of hydrogen-bond donors (Lipinski definition) is 1. The summed E-state index contributed by atoms with van der Waals surface area (Å²) in [6.07, 6.45) is 1.66. The summed E-state index contributed by atoms with van der Waals surface area (Å²) in [5, 5.41) is 10.8. The Bertz CT molecular complexity index is 454. The summed E-state index contributed by atoms with van der Waals surface area (Å²) in [6, 6.07) is 7.60. The van der Waals surface area contributed by atoms with Crippen LogP contribution >= 0.6 is 0 Å². The topological polar surface area (TPSA) is 51.5 Å². The number of benzene rings is 1. The van der Waals surface area contributed by atoms with Gasteiger partial charge in [0.25, 0.3) is 0 Å². The van der Waals surface area contributed by atoms with Gasteiger partial charge in [0, 0.05) is 12.4 Å². The molecule has 0 spiro atoms. The molecular weight excluding hydrogens is 194 g/mol. The Kier molecular flexibility index (Phi) is 2.43. The summed E-state index contributed by atoms with van der Waals surface area (Å²) in [6.45, 7) is 1.39. The van der Waals surface area contributed by atoms with Gasteiger partial charge in [-0.3, -0.25) is 4.57 Å². The van der Waals surface area contributed by atoms with Crippen LogP contribution in [0.3, 0.4) is 0 Å². The lowest BCUT2D eigenvalue weighted by atomic mass is 10.2. The number of hydrogen-bond acceptors (Lipinski definition) is 3. The van der Waals surface area contributed by atoms with Crippen molar-refractivity contribution in [2.45, 2.75) is 13.2 Å². The quantitative estimate of drug-likeness (QED) is 0.724. The van der Waals surface area contributed by atoms with Gasteiger partial charge in [-0.25, -0.2) is 4.79 Å². The lowest BCUT2D eigenvalue weighted by Crippen LogP contribution is -2.18. The van der Waals surface area contributed by atoms with Crippen LogP contribution in [0.15, 0.2) is 36.7 Å². The second-order valence-corrected chi connectivity index (χ2v) is 3.28. The van der Waals surface area contributed by atoms with Crippen molar-refractivity contribution in [2.75, 3.05) is 0 Å². The standard InChI is InChI=1S/C11H11NO3/c1-8(13)15-11(14)12-6-9-4-2-3-5-10(9)7-12/h2-8,13H,1H3. The van der Waals surface area contributed by atoms with E-state index >= 15 is 0 Å². The maximum Gasteiger partial charge on any atom is 0.420 e. The number of aliphatic hydroxyl groups is 1. The zero-order valence-electron chi connectivity index (χ0n) is 8.25. The second kappa shape index (κ2) is 3.74. The number of aromatic nitrogens is 1. The lowest BCUT2D eigenvalue weighted by molar-refractivity contribution is -0.0366. The minimum absolute atomic E-state index is 0.582. The largest absolute Gasteiger partial charge is 0.420 e. The molecule has 1 unspecified atom stereocenters. The summed E-state index contributed by atoms with van der Waals surface area (Å²) in [7, 11) is 0. The first-order valence-corrected chi connectivity index (χ1v) is 4.62. The lowest BCUT2D eigenvalue weighted by Gasteiger charge is -2.06. The molecule has 0 amide bonds. The molecule has 2 aromatic rings. The molecule has 0 saturated heterocycles. The highest BCUT2D eigenvalue weighted by molar-refractivity contribution is 5.86. The average molecular weight is 205 g/mol. The molecule has 1 aromatic heterocycles. The Hall–Kier alpha value is -1.81. The molecule has 4 heteroatoms. The van der Waals surface area contributed by atoms with E-state index in [1.54, 1.807) is 12.4 Å². The van der Waals surface area contributed by atoms with E-state index < -0.39 is 12.4 Å². The van der Waals surface area contributed by atoms with Crippen molar-refractivity contribution in [3.8, 4) is 0 Å². The minimum atomic E-state index is -1.09. The van der Waals surface area contributed by atoms with E-state index in [2.05, 4.69) is 4.74 Å². The van der Waals surface area contributed by atoms with Crippen molar-refractivity contribution in [3.63, 3.8) is 0 Å². The van der Waals surface area contributed by atoms with E-state index in [0.717, 1.165) is 10.8 Å². The zero-order chi connectivity index (χ0) is 10.8. The highest BCUT2D eigenvalue weighted by atomic mass is 16.6. The smallest absolute Gasteiger partial charge is 0.420 e. The Morgan fingerprint density at radius 2 is 1.87 bits per heavy atom. The fourth-order valence-corrected chi connectivity index (χ4v) is 1.40. The van der Waals surface area contributed by atoms with Gasteiger partial charge >= 0.3 is 6.09 Å². The molecule has 0 fully saturated rings. The molecule has 1 heterocycles. The maximum atomic E-state index is 11.4. The molecular formula is C11H11NO3. The number of aliphatic hydroxyl groups excluding tert-OH is 1. The van der Waals surface area contributed by atoms with Crippen molar-refractivity contribution in [2.24, 2.45) is 0 Å². The van der Waals surface area contributed by atoms with Crippen molar-refractivity contribution in [1.29, 1.82) is 0 Å². The van der Waals surface area contributed by atoms with E-state index in [-0.39, 0.29) is 0 Å². The van der Waals surface area contributed by atoms with Crippen LogP contribution in [-0.2, 0) is 4.74 Å². The first kappa shape index (κ1) is 9.73. The van der Waals surface area contributed by atoms with E-state index in [9.17, 15) is 4.79 Å². The van der Waals surface area contributed by atoms with Crippen LogP contribution in [0.4, 0.5) is 4.79 Å². The van der Waals surface area contributed by atoms with Gasteiger partial charge in [-0.1, -0.05) is 24.3 Å². The molecule has 2 rings (SSSR count). The van der Waals surface area contributed by atoms with Gasteiger partial charge in [0.05, 0.1) is 0 Å². The Morgan fingerprint density at radius 1 is 1.33 bits per heavy atom. The third-order valence-corrected chi connectivity index (χ3v) is 2.03. The van der Waals surface area contributed by atoms with E-state index in [4.69, 9.17) is 5.11 Å². The molecule has 0 aliphatic rings. The van der Waals surface area contributed by atoms with Crippen molar-refractivity contribution in [1.82, 2.24) is 4.57 Å². The molecule has 78 valence electrons. The van der Waals surface area contributed by atoms with E-state index in [1.807, 2.05) is 24.3 Å². The van der Waals surface area contributed by atoms with Crippen LogP contribution in [0, 0.1) is 0 Å². The van der Waals surface area contributed by atoms with E-state index in [0.29, 0.717) is 0 Å². The molecule has 1 atom stereocenters. The van der Waals surface area contributed by atoms with E-state index in [1.165, 1.54) is 11.5 Å². The minimum Gasteiger partial charge on any atom is -0.420 e. The molecule has 1 aromatic carbocycles. The molecule has 0 radical (unpaired) electrons. The number of carbonyl (C=O) groups is 1. The van der Waals surface area contributed by atoms with Crippen molar-refractivity contribution < 1.29 is 14.6 Å². The third-order valence-electron chi connectivity index (χ3n) is 2.03. The monoisotopic (exact) mass is 205 g/mol. The maximum absolute atomic E-state index is 11.4. The normalized spacial score (nSPS) is 12.7. The van der Waals surface area contributed by atoms with Crippen LogP contribution < -0.4 is 0 Å². The van der Waals surface area contributed by atoms with Gasteiger partial charge in [0.2, 0.25) is 0 Å². The van der Waals surface area contributed by atoms with Crippen LogP contribution in [0.5, 0.6) is 0 Å². The second-order valence-electron chi connectivity index (χ2n) is 3.28. The highest BCUT2D eigenvalue weighted by Gasteiger charge is 2.09. The van der Waals surface area contributed by atoms with Gasteiger partial charge in [-0.2, -0.15) is 0 Å². The molecule has 0 aliphatic carbocycles. The summed E-state index contributed by atoms with van der Waals surface area (Å²) in [5.74, 6) is 0. The van der Waals surface area contributed by atoms with Gasteiger partial charge in [-0.05, 0) is 17.7 Å². The highest BCUT2D eigenvalue weighted by Crippen LogP contribution is 2.14. The zero-order valence-corrected chi connectivity index (χ0v) is 8.25. The number of carbonyl (C=O) groups excluding carboxylic acids is 1. The molecule has 0 bridgehead atoms. The van der Waals surface area contributed by atoms with Gasteiger partial charge in [0.1, 0.15) is 0 Å². The number of ether oxygens (including phenoxy) is 1. The van der Waals surface area contributed by atoms with Gasteiger partial charge in [0.15, 0.2) is 6.29 Å². The van der Waals surface area contributed by atoms with Crippen LogP contribution in [0.25, 0.3) is 10.8 Å². The van der Waals surface area contributed by atoms with Crippen LogP contribution in [0.2, 0.25) is 0 Å². The predicted octanol–water partition coefficient (Wildman–Crippen LogP) is 1.96. The fourth-order valence-electron chi connectivity index (χ4n) is 1.40. The molecule has 0 saturated carbocycles. The fraction of sp³-hybridized carbons (Fsp3) is 0.182. The number of fused-ring (bicyclic) bond motifs is 1. The summed E-state index contributed by atoms with van der Waals surface area (Å²) < 4.78 is 5.96. The molecule has 4 nitrogen and oxygen atoms in total. The van der Waals surface area contributed by atoms with Crippen LogP contribution in [-0.4, -0.2) is 22.1 Å². The molecule has 0 aliphatic heterocycles. The average Bonchev–Trinajstić information content (AvgIpc) is 2.59. The van der Waals surface area contributed by atoms with Gasteiger partial charge in [-0.15, -0.1) is 0 Å². The first-order chi connectivity index (χ1) is 7.16.